The topological polar surface area (TPSA) is 60.2 Å². The van der Waals surface area contributed by atoms with Crippen LogP contribution >= 0.6 is 11.6 Å². The summed E-state index contributed by atoms with van der Waals surface area (Å²) in [6, 6.07) is 7.54. The molecule has 4 rings (SSSR count). The summed E-state index contributed by atoms with van der Waals surface area (Å²) in [5.74, 6) is -0.367. The van der Waals surface area contributed by atoms with E-state index in [-0.39, 0.29) is 5.97 Å². The molecule has 0 spiro atoms. The van der Waals surface area contributed by atoms with E-state index < -0.39 is 0 Å². The van der Waals surface area contributed by atoms with E-state index in [0.29, 0.717) is 17.0 Å². The van der Waals surface area contributed by atoms with Crippen molar-refractivity contribution in [3.63, 3.8) is 0 Å². The molecule has 0 bridgehead atoms. The first kappa shape index (κ1) is 18.9. The Kier molecular flexibility index (Phi) is 5.59. The molecule has 1 aliphatic heterocycles. The van der Waals surface area contributed by atoms with Crippen LogP contribution in [0.5, 0.6) is 0 Å². The smallest absolute Gasteiger partial charge is 0.338 e. The Bertz CT molecular complexity index is 995. The molecule has 146 valence electrons. The fraction of sp³-hybridized carbons (Fsp3) is 0.381. The zero-order valence-corrected chi connectivity index (χ0v) is 16.7. The third-order valence-electron chi connectivity index (χ3n) is 5.28. The number of likely N-dealkylation sites (tertiary alicyclic amines) is 1. The number of aromatic nitrogens is 3. The van der Waals surface area contributed by atoms with Crippen LogP contribution < -0.4 is 0 Å². The third-order valence-corrected chi connectivity index (χ3v) is 5.52. The van der Waals surface area contributed by atoms with E-state index in [1.165, 1.54) is 20.0 Å². The molecule has 1 aliphatic rings. The highest BCUT2D eigenvalue weighted by molar-refractivity contribution is 6.31. The maximum absolute atomic E-state index is 12.1. The predicted octanol–water partition coefficient (Wildman–Crippen LogP) is 3.56. The molecule has 0 aliphatic carbocycles. The summed E-state index contributed by atoms with van der Waals surface area (Å²) in [6.07, 6.45) is 6.34. The number of nitrogens with zero attached hydrogens (tertiary/aromatic N) is 4. The summed E-state index contributed by atoms with van der Waals surface area (Å²) < 4.78 is 6.95. The van der Waals surface area contributed by atoms with Crippen molar-refractivity contribution in [1.29, 1.82) is 0 Å². The Morgan fingerprint density at radius 3 is 2.82 bits per heavy atom. The molecule has 2 aromatic heterocycles. The zero-order chi connectivity index (χ0) is 19.5. The Hall–Kier alpha value is -2.44. The van der Waals surface area contributed by atoms with Crippen molar-refractivity contribution in [2.45, 2.75) is 25.8 Å². The van der Waals surface area contributed by atoms with E-state index in [4.69, 9.17) is 21.4 Å². The average molecular weight is 399 g/mol. The fourth-order valence-electron chi connectivity index (χ4n) is 3.82. The highest BCUT2D eigenvalue weighted by Crippen LogP contribution is 2.26. The molecule has 28 heavy (non-hydrogen) atoms. The second-order valence-corrected chi connectivity index (χ2v) is 7.52. The van der Waals surface area contributed by atoms with Gasteiger partial charge in [0, 0.05) is 35.8 Å². The normalized spacial score (nSPS) is 14.6. The van der Waals surface area contributed by atoms with Crippen LogP contribution in [0.3, 0.4) is 0 Å². The van der Waals surface area contributed by atoms with Crippen LogP contribution in [-0.2, 0) is 17.7 Å². The van der Waals surface area contributed by atoms with E-state index in [1.807, 2.05) is 22.9 Å². The second kappa shape index (κ2) is 8.29. The van der Waals surface area contributed by atoms with Crippen LogP contribution in [0.15, 0.2) is 36.7 Å². The largest absolute Gasteiger partial charge is 0.465 e. The van der Waals surface area contributed by atoms with Gasteiger partial charge in [-0.1, -0.05) is 11.6 Å². The van der Waals surface area contributed by atoms with Crippen molar-refractivity contribution in [1.82, 2.24) is 19.7 Å². The number of esters is 1. The Labute approximate surface area is 169 Å². The van der Waals surface area contributed by atoms with Gasteiger partial charge in [0.25, 0.3) is 0 Å². The van der Waals surface area contributed by atoms with Gasteiger partial charge in [-0.2, -0.15) is 5.10 Å². The summed E-state index contributed by atoms with van der Waals surface area (Å²) in [7, 11) is 1.38. The molecule has 0 saturated carbocycles. The summed E-state index contributed by atoms with van der Waals surface area (Å²) in [5.41, 5.74) is 3.25. The molecule has 0 atom stereocenters. The second-order valence-electron chi connectivity index (χ2n) is 7.08. The molecular weight excluding hydrogens is 376 g/mol. The molecule has 3 heterocycles. The number of methoxy groups -OCH3 is 1. The van der Waals surface area contributed by atoms with Gasteiger partial charge >= 0.3 is 5.97 Å². The minimum Gasteiger partial charge on any atom is -0.465 e. The first-order chi connectivity index (χ1) is 13.7. The van der Waals surface area contributed by atoms with Crippen LogP contribution in [0.4, 0.5) is 0 Å². The van der Waals surface area contributed by atoms with E-state index in [9.17, 15) is 4.79 Å². The van der Waals surface area contributed by atoms with Gasteiger partial charge in [0.15, 0.2) is 0 Å². The SMILES string of the molecule is COC(=O)c1ccncc1Cc1nn(CCN2CCCC2)c2ccc(Cl)cc12. The van der Waals surface area contributed by atoms with Crippen molar-refractivity contribution in [2.24, 2.45) is 0 Å². The third kappa shape index (κ3) is 3.88. The standard InChI is InChI=1S/C21H23ClN4O2/c1-28-21(27)17-6-7-23-14-15(17)12-19-18-13-16(22)4-5-20(18)26(24-19)11-10-25-8-2-3-9-25/h4-7,13-14H,2-3,8-12H2,1H3. The van der Waals surface area contributed by atoms with Gasteiger partial charge in [-0.05, 0) is 55.8 Å². The number of halogens is 1. The molecule has 0 radical (unpaired) electrons. The van der Waals surface area contributed by atoms with Crippen molar-refractivity contribution in [2.75, 3.05) is 26.7 Å². The van der Waals surface area contributed by atoms with Gasteiger partial charge in [0.2, 0.25) is 0 Å². The van der Waals surface area contributed by atoms with Gasteiger partial charge in [0.05, 0.1) is 30.4 Å². The monoisotopic (exact) mass is 398 g/mol. The number of benzene rings is 1. The minimum absolute atomic E-state index is 0.367. The molecule has 1 aromatic carbocycles. The summed E-state index contributed by atoms with van der Waals surface area (Å²) >= 11 is 6.26. The zero-order valence-electron chi connectivity index (χ0n) is 15.9. The Morgan fingerprint density at radius 1 is 1.21 bits per heavy atom. The molecule has 6 nitrogen and oxygen atoms in total. The number of carbonyl (C=O) groups is 1. The number of carbonyl (C=O) groups excluding carboxylic acids is 1. The van der Waals surface area contributed by atoms with Gasteiger partial charge in [-0.3, -0.25) is 9.67 Å². The maximum Gasteiger partial charge on any atom is 0.338 e. The molecule has 7 heteroatoms. The fourth-order valence-corrected chi connectivity index (χ4v) is 3.99. The summed E-state index contributed by atoms with van der Waals surface area (Å²) in [5, 5.41) is 6.55. The van der Waals surface area contributed by atoms with Gasteiger partial charge in [-0.25, -0.2) is 4.79 Å². The minimum atomic E-state index is -0.367. The lowest BCUT2D eigenvalue weighted by molar-refractivity contribution is 0.0599. The molecule has 3 aromatic rings. The quantitative estimate of drug-likeness (QED) is 0.594. The number of hydrogen-bond donors (Lipinski definition) is 0. The van der Waals surface area contributed by atoms with Crippen molar-refractivity contribution < 1.29 is 9.53 Å². The predicted molar refractivity (Wildman–Crippen MR) is 109 cm³/mol. The lowest BCUT2D eigenvalue weighted by Gasteiger charge is -2.14. The Morgan fingerprint density at radius 2 is 2.04 bits per heavy atom. The summed E-state index contributed by atoms with van der Waals surface area (Å²) in [4.78, 5) is 18.7. The van der Waals surface area contributed by atoms with Crippen LogP contribution in [-0.4, -0.2) is 52.4 Å². The van der Waals surface area contributed by atoms with Crippen LogP contribution in [0, 0.1) is 0 Å². The number of fused-ring (bicyclic) bond motifs is 1. The number of hydrogen-bond acceptors (Lipinski definition) is 5. The number of pyridine rings is 1. The van der Waals surface area contributed by atoms with Crippen molar-refractivity contribution in [3.05, 3.63) is 58.5 Å². The van der Waals surface area contributed by atoms with Gasteiger partial charge in [-0.15, -0.1) is 0 Å². The Balaban J connectivity index is 1.67. The van der Waals surface area contributed by atoms with E-state index in [0.717, 1.165) is 48.3 Å². The lowest BCUT2D eigenvalue weighted by atomic mass is 10.0. The van der Waals surface area contributed by atoms with E-state index in [1.54, 1.807) is 18.5 Å². The molecule has 0 unspecified atom stereocenters. The molecule has 1 saturated heterocycles. The maximum atomic E-state index is 12.1. The van der Waals surface area contributed by atoms with Gasteiger partial charge in [0.1, 0.15) is 0 Å². The molecular formula is C21H23ClN4O2. The van der Waals surface area contributed by atoms with Crippen molar-refractivity contribution in [3.8, 4) is 0 Å². The van der Waals surface area contributed by atoms with Crippen LogP contribution in [0.25, 0.3) is 10.9 Å². The van der Waals surface area contributed by atoms with E-state index >= 15 is 0 Å². The highest BCUT2D eigenvalue weighted by atomic mass is 35.5. The lowest BCUT2D eigenvalue weighted by Crippen LogP contribution is -2.24. The van der Waals surface area contributed by atoms with Crippen molar-refractivity contribution >= 4 is 28.5 Å². The molecule has 0 N–H and O–H groups in total. The van der Waals surface area contributed by atoms with Crippen LogP contribution in [0.2, 0.25) is 5.02 Å². The number of rotatable bonds is 6. The molecule has 0 amide bonds. The first-order valence-corrected chi connectivity index (χ1v) is 9.92. The first-order valence-electron chi connectivity index (χ1n) is 9.54. The average Bonchev–Trinajstić information content (AvgIpc) is 3.34. The summed E-state index contributed by atoms with van der Waals surface area (Å²) in [6.45, 7) is 4.14. The van der Waals surface area contributed by atoms with Crippen LogP contribution in [0.1, 0.15) is 34.5 Å². The van der Waals surface area contributed by atoms with Gasteiger partial charge < -0.3 is 9.64 Å². The highest BCUT2D eigenvalue weighted by Gasteiger charge is 2.18. The van der Waals surface area contributed by atoms with E-state index in [2.05, 4.69) is 9.88 Å². The number of ether oxygens (including phenoxy) is 1. The molecule has 1 fully saturated rings.